The van der Waals surface area contributed by atoms with Crippen LogP contribution >= 0.6 is 22.9 Å². The molecule has 2 aliphatic rings. The van der Waals surface area contributed by atoms with Crippen LogP contribution in [0.1, 0.15) is 28.1 Å². The summed E-state index contributed by atoms with van der Waals surface area (Å²) in [5.41, 5.74) is 0.962. The summed E-state index contributed by atoms with van der Waals surface area (Å²) in [4.78, 5) is 14.9. The van der Waals surface area contributed by atoms with E-state index in [-0.39, 0.29) is 17.9 Å². The van der Waals surface area contributed by atoms with E-state index in [0.29, 0.717) is 22.4 Å². The van der Waals surface area contributed by atoms with E-state index in [0.717, 1.165) is 24.9 Å². The molecule has 1 amide bonds. The summed E-state index contributed by atoms with van der Waals surface area (Å²) in [5, 5.41) is 12.4. The molecule has 1 aromatic rings. The number of likely N-dealkylation sites (tertiary alicyclic amines) is 1. The van der Waals surface area contributed by atoms with Gasteiger partial charge in [0.2, 0.25) is 0 Å². The third-order valence-electron chi connectivity index (χ3n) is 4.20. The van der Waals surface area contributed by atoms with Gasteiger partial charge in [0, 0.05) is 19.0 Å². The minimum absolute atomic E-state index is 0.0275. The van der Waals surface area contributed by atoms with Gasteiger partial charge in [0.15, 0.2) is 0 Å². The highest BCUT2D eigenvalue weighted by molar-refractivity contribution is 7.13. The van der Waals surface area contributed by atoms with Crippen molar-refractivity contribution in [2.45, 2.75) is 25.9 Å². The highest BCUT2D eigenvalue weighted by Gasteiger charge is 2.43. The van der Waals surface area contributed by atoms with E-state index in [9.17, 15) is 9.90 Å². The van der Waals surface area contributed by atoms with Gasteiger partial charge in [-0.05, 0) is 36.6 Å². The van der Waals surface area contributed by atoms with Crippen LogP contribution in [0, 0.1) is 18.8 Å². The first-order valence-electron chi connectivity index (χ1n) is 6.29. The predicted molar refractivity (Wildman–Crippen MR) is 72.2 cm³/mol. The monoisotopic (exact) mass is 285 g/mol. The van der Waals surface area contributed by atoms with E-state index in [1.54, 1.807) is 0 Å². The molecule has 3 unspecified atom stereocenters. The number of hydrogen-bond acceptors (Lipinski definition) is 3. The molecule has 1 aromatic heterocycles. The van der Waals surface area contributed by atoms with Crippen molar-refractivity contribution in [1.29, 1.82) is 0 Å². The molecule has 18 heavy (non-hydrogen) atoms. The van der Waals surface area contributed by atoms with Crippen LogP contribution in [0.2, 0.25) is 5.02 Å². The Kier molecular flexibility index (Phi) is 3.12. The van der Waals surface area contributed by atoms with Gasteiger partial charge in [0.1, 0.15) is 4.88 Å². The number of thiophene rings is 1. The van der Waals surface area contributed by atoms with Crippen LogP contribution in [-0.4, -0.2) is 35.1 Å². The van der Waals surface area contributed by atoms with Crippen LogP contribution < -0.4 is 0 Å². The number of nitrogens with zero attached hydrogens (tertiary/aromatic N) is 1. The number of aliphatic hydroxyl groups is 1. The van der Waals surface area contributed by atoms with Crippen LogP contribution in [0.25, 0.3) is 0 Å². The predicted octanol–water partition coefficient (Wildman–Crippen LogP) is 2.55. The summed E-state index contributed by atoms with van der Waals surface area (Å²) in [6, 6.07) is 0. The Bertz CT molecular complexity index is 487. The van der Waals surface area contributed by atoms with Crippen molar-refractivity contribution in [3.05, 3.63) is 20.8 Å². The first-order chi connectivity index (χ1) is 8.58. The van der Waals surface area contributed by atoms with Crippen LogP contribution in [0.15, 0.2) is 5.38 Å². The topological polar surface area (TPSA) is 40.5 Å². The van der Waals surface area contributed by atoms with E-state index < -0.39 is 0 Å². The lowest BCUT2D eigenvalue weighted by Crippen LogP contribution is -2.30. The molecule has 98 valence electrons. The number of carbonyl (C=O) groups excluding carboxylic acids is 1. The Morgan fingerprint density at radius 3 is 2.89 bits per heavy atom. The molecule has 2 fully saturated rings. The molecular formula is C13H16ClNO2S. The quantitative estimate of drug-likeness (QED) is 0.861. The zero-order chi connectivity index (χ0) is 12.9. The number of rotatable bonds is 1. The van der Waals surface area contributed by atoms with Crippen LogP contribution in [0.5, 0.6) is 0 Å². The van der Waals surface area contributed by atoms with Gasteiger partial charge in [-0.25, -0.2) is 0 Å². The fourth-order valence-electron chi connectivity index (χ4n) is 3.12. The highest BCUT2D eigenvalue weighted by atomic mass is 35.5. The van der Waals surface area contributed by atoms with Gasteiger partial charge in [-0.2, -0.15) is 0 Å². The molecule has 1 aliphatic heterocycles. The second-order valence-electron chi connectivity index (χ2n) is 5.34. The standard InChI is InChI=1S/C13H16ClNO2S/c1-7-6-18-12(11(7)14)13(17)15-4-8-2-3-10(16)9(8)5-15/h6,8-10,16H,2-5H2,1H3. The lowest BCUT2D eigenvalue weighted by Gasteiger charge is -2.17. The number of halogens is 1. The molecule has 1 N–H and O–H groups in total. The van der Waals surface area contributed by atoms with Crippen molar-refractivity contribution in [3.63, 3.8) is 0 Å². The minimum atomic E-state index is -0.228. The van der Waals surface area contributed by atoms with E-state index >= 15 is 0 Å². The average Bonchev–Trinajstić information content (AvgIpc) is 2.99. The van der Waals surface area contributed by atoms with Gasteiger partial charge >= 0.3 is 0 Å². The normalized spacial score (nSPS) is 30.8. The first kappa shape index (κ1) is 12.5. The molecule has 3 atom stereocenters. The third kappa shape index (κ3) is 1.87. The van der Waals surface area contributed by atoms with Gasteiger partial charge < -0.3 is 10.0 Å². The Morgan fingerprint density at radius 1 is 1.50 bits per heavy atom. The molecule has 2 heterocycles. The molecule has 1 aliphatic carbocycles. The zero-order valence-corrected chi connectivity index (χ0v) is 11.8. The fourth-order valence-corrected chi connectivity index (χ4v) is 4.36. The number of amides is 1. The maximum atomic E-state index is 12.4. The first-order valence-corrected chi connectivity index (χ1v) is 7.54. The van der Waals surface area contributed by atoms with Crippen molar-refractivity contribution < 1.29 is 9.90 Å². The van der Waals surface area contributed by atoms with Gasteiger partial charge in [-0.1, -0.05) is 11.6 Å². The number of hydrogen-bond donors (Lipinski definition) is 1. The van der Waals surface area contributed by atoms with E-state index in [2.05, 4.69) is 0 Å². The lowest BCUT2D eigenvalue weighted by molar-refractivity contribution is 0.0757. The van der Waals surface area contributed by atoms with Crippen LogP contribution in [-0.2, 0) is 0 Å². The van der Waals surface area contributed by atoms with Crippen molar-refractivity contribution in [1.82, 2.24) is 4.90 Å². The molecular weight excluding hydrogens is 270 g/mol. The smallest absolute Gasteiger partial charge is 0.265 e. The van der Waals surface area contributed by atoms with E-state index in [1.165, 1.54) is 11.3 Å². The Labute approximate surface area is 115 Å². The molecule has 5 heteroatoms. The SMILES string of the molecule is Cc1csc(C(=O)N2CC3CCC(O)C3C2)c1Cl. The van der Waals surface area contributed by atoms with Gasteiger partial charge in [-0.15, -0.1) is 11.3 Å². The van der Waals surface area contributed by atoms with Crippen molar-refractivity contribution >= 4 is 28.8 Å². The number of aliphatic hydroxyl groups excluding tert-OH is 1. The minimum Gasteiger partial charge on any atom is -0.393 e. The summed E-state index contributed by atoms with van der Waals surface area (Å²) in [5.74, 6) is 0.775. The number of aryl methyl sites for hydroxylation is 1. The largest absolute Gasteiger partial charge is 0.393 e. The van der Waals surface area contributed by atoms with Gasteiger partial charge in [-0.3, -0.25) is 4.79 Å². The molecule has 1 saturated heterocycles. The Balaban J connectivity index is 1.77. The average molecular weight is 286 g/mol. The molecule has 0 aromatic carbocycles. The van der Waals surface area contributed by atoms with Crippen LogP contribution in [0.4, 0.5) is 0 Å². The second-order valence-corrected chi connectivity index (χ2v) is 6.60. The maximum absolute atomic E-state index is 12.4. The maximum Gasteiger partial charge on any atom is 0.265 e. The Morgan fingerprint density at radius 2 is 2.28 bits per heavy atom. The number of fused-ring (bicyclic) bond motifs is 1. The molecule has 0 radical (unpaired) electrons. The molecule has 1 saturated carbocycles. The fraction of sp³-hybridized carbons (Fsp3) is 0.615. The molecule has 3 nitrogen and oxygen atoms in total. The van der Waals surface area contributed by atoms with Crippen molar-refractivity contribution in [2.75, 3.05) is 13.1 Å². The summed E-state index contributed by atoms with van der Waals surface area (Å²) >= 11 is 7.56. The van der Waals surface area contributed by atoms with E-state index in [4.69, 9.17) is 11.6 Å². The van der Waals surface area contributed by atoms with Gasteiger partial charge in [0.25, 0.3) is 5.91 Å². The molecule has 0 spiro atoms. The summed E-state index contributed by atoms with van der Waals surface area (Å²) in [7, 11) is 0. The summed E-state index contributed by atoms with van der Waals surface area (Å²) in [6.45, 7) is 3.36. The third-order valence-corrected chi connectivity index (χ3v) is 5.88. The van der Waals surface area contributed by atoms with Crippen molar-refractivity contribution in [3.8, 4) is 0 Å². The van der Waals surface area contributed by atoms with Gasteiger partial charge in [0.05, 0.1) is 11.1 Å². The second kappa shape index (κ2) is 4.51. The summed E-state index contributed by atoms with van der Waals surface area (Å²) in [6.07, 6.45) is 1.69. The number of carbonyl (C=O) groups is 1. The lowest BCUT2D eigenvalue weighted by atomic mass is 10.00. The highest BCUT2D eigenvalue weighted by Crippen LogP contribution is 2.39. The zero-order valence-electron chi connectivity index (χ0n) is 10.2. The summed E-state index contributed by atoms with van der Waals surface area (Å²) < 4.78 is 0. The molecule has 3 rings (SSSR count). The van der Waals surface area contributed by atoms with Crippen molar-refractivity contribution in [2.24, 2.45) is 11.8 Å². The van der Waals surface area contributed by atoms with E-state index in [1.807, 2.05) is 17.2 Å². The van der Waals surface area contributed by atoms with Crippen LogP contribution in [0.3, 0.4) is 0 Å². The Hall–Kier alpha value is -0.580. The molecule has 0 bridgehead atoms.